The molecule has 2 heterocycles. The minimum atomic E-state index is -0.111. The number of nitrogens with one attached hydrogen (secondary N) is 1. The first kappa shape index (κ1) is 18.8. The lowest BCUT2D eigenvalue weighted by atomic mass is 10.0. The van der Waals surface area contributed by atoms with E-state index in [4.69, 9.17) is 0 Å². The number of rotatable bonds is 5. The van der Waals surface area contributed by atoms with E-state index >= 15 is 0 Å². The molecule has 0 aliphatic rings. The highest BCUT2D eigenvalue weighted by Crippen LogP contribution is 2.22. The van der Waals surface area contributed by atoms with Crippen molar-refractivity contribution in [1.29, 1.82) is 0 Å². The van der Waals surface area contributed by atoms with E-state index in [0.29, 0.717) is 5.56 Å². The summed E-state index contributed by atoms with van der Waals surface area (Å²) in [5, 5.41) is 15.9. The van der Waals surface area contributed by atoms with E-state index in [9.17, 15) is 4.79 Å². The Labute approximate surface area is 159 Å². The quantitative estimate of drug-likeness (QED) is 0.749. The standard InChI is InChI=1S/C21H25N5O/c1-6-26-16(5)20(15(4)25-26)14(3)22-21(27)18-10-8-17(9-11-18)19-12-7-13(2)23-24-19/h7-12,14H,6H2,1-5H3,(H,22,27)/t14-/m1/s1. The van der Waals surface area contributed by atoms with Crippen LogP contribution >= 0.6 is 0 Å². The van der Waals surface area contributed by atoms with E-state index in [-0.39, 0.29) is 11.9 Å². The van der Waals surface area contributed by atoms with Gasteiger partial charge >= 0.3 is 0 Å². The molecule has 0 unspecified atom stereocenters. The van der Waals surface area contributed by atoms with Gasteiger partial charge in [-0.2, -0.15) is 15.3 Å². The Morgan fingerprint density at radius 2 is 1.78 bits per heavy atom. The van der Waals surface area contributed by atoms with Gasteiger partial charge in [-0.1, -0.05) is 12.1 Å². The fraction of sp³-hybridized carbons (Fsp3) is 0.333. The second-order valence-electron chi connectivity index (χ2n) is 6.73. The maximum atomic E-state index is 12.7. The van der Waals surface area contributed by atoms with Gasteiger partial charge in [-0.3, -0.25) is 9.48 Å². The molecule has 0 aliphatic carbocycles. The molecule has 0 saturated carbocycles. The van der Waals surface area contributed by atoms with Gasteiger partial charge in [-0.15, -0.1) is 0 Å². The van der Waals surface area contributed by atoms with Crippen LogP contribution in [0.15, 0.2) is 36.4 Å². The molecule has 6 heteroatoms. The molecule has 1 atom stereocenters. The van der Waals surface area contributed by atoms with Crippen LogP contribution in [0.25, 0.3) is 11.3 Å². The lowest BCUT2D eigenvalue weighted by Gasteiger charge is -2.15. The molecule has 140 valence electrons. The summed E-state index contributed by atoms with van der Waals surface area (Å²) in [6.07, 6.45) is 0. The van der Waals surface area contributed by atoms with E-state index in [2.05, 4.69) is 27.5 Å². The van der Waals surface area contributed by atoms with Crippen molar-refractivity contribution in [2.45, 2.75) is 47.2 Å². The predicted molar refractivity (Wildman–Crippen MR) is 105 cm³/mol. The zero-order valence-corrected chi connectivity index (χ0v) is 16.4. The Kier molecular flexibility index (Phi) is 5.35. The Hall–Kier alpha value is -3.02. The average Bonchev–Trinajstić information content (AvgIpc) is 2.96. The van der Waals surface area contributed by atoms with Gasteiger partial charge in [0.15, 0.2) is 0 Å². The minimum Gasteiger partial charge on any atom is -0.345 e. The molecule has 0 aliphatic heterocycles. The van der Waals surface area contributed by atoms with Crippen molar-refractivity contribution in [3.05, 3.63) is 64.6 Å². The van der Waals surface area contributed by atoms with Gasteiger partial charge in [0, 0.05) is 28.9 Å². The van der Waals surface area contributed by atoms with E-state index in [1.54, 1.807) is 0 Å². The molecule has 0 radical (unpaired) electrons. The fourth-order valence-corrected chi connectivity index (χ4v) is 3.34. The summed E-state index contributed by atoms with van der Waals surface area (Å²) in [5.74, 6) is -0.105. The van der Waals surface area contributed by atoms with Crippen molar-refractivity contribution in [3.8, 4) is 11.3 Å². The second kappa shape index (κ2) is 7.70. The largest absolute Gasteiger partial charge is 0.345 e. The highest BCUT2D eigenvalue weighted by molar-refractivity contribution is 5.94. The third-order valence-corrected chi connectivity index (χ3v) is 4.76. The van der Waals surface area contributed by atoms with Crippen LogP contribution in [0, 0.1) is 20.8 Å². The number of carbonyl (C=O) groups is 1. The molecule has 2 aromatic heterocycles. The summed E-state index contributed by atoms with van der Waals surface area (Å²) < 4.78 is 1.96. The van der Waals surface area contributed by atoms with Crippen LogP contribution in [0.4, 0.5) is 0 Å². The summed E-state index contributed by atoms with van der Waals surface area (Å²) in [4.78, 5) is 12.7. The summed E-state index contributed by atoms with van der Waals surface area (Å²) >= 11 is 0. The number of nitrogens with zero attached hydrogens (tertiary/aromatic N) is 4. The molecule has 0 spiro atoms. The number of hydrogen-bond donors (Lipinski definition) is 1. The molecular weight excluding hydrogens is 338 g/mol. The number of hydrogen-bond acceptors (Lipinski definition) is 4. The molecule has 6 nitrogen and oxygen atoms in total. The van der Waals surface area contributed by atoms with Gasteiger partial charge in [0.05, 0.1) is 23.1 Å². The Morgan fingerprint density at radius 1 is 1.07 bits per heavy atom. The Balaban J connectivity index is 1.74. The van der Waals surface area contributed by atoms with Gasteiger partial charge in [-0.25, -0.2) is 0 Å². The van der Waals surface area contributed by atoms with Crippen LogP contribution in [0.5, 0.6) is 0 Å². The molecule has 1 N–H and O–H groups in total. The molecular formula is C21H25N5O. The number of benzene rings is 1. The lowest BCUT2D eigenvalue weighted by Crippen LogP contribution is -2.27. The van der Waals surface area contributed by atoms with Gasteiger partial charge in [0.25, 0.3) is 5.91 Å². The van der Waals surface area contributed by atoms with Gasteiger partial charge in [-0.05, 0) is 58.9 Å². The van der Waals surface area contributed by atoms with E-state index in [1.165, 1.54) is 0 Å². The average molecular weight is 363 g/mol. The van der Waals surface area contributed by atoms with Gasteiger partial charge in [0.2, 0.25) is 0 Å². The van der Waals surface area contributed by atoms with Crippen molar-refractivity contribution < 1.29 is 4.79 Å². The molecule has 0 saturated heterocycles. The first-order chi connectivity index (χ1) is 12.9. The Morgan fingerprint density at radius 3 is 2.33 bits per heavy atom. The summed E-state index contributed by atoms with van der Waals surface area (Å²) in [6.45, 7) is 10.8. The van der Waals surface area contributed by atoms with Gasteiger partial charge in [0.1, 0.15) is 0 Å². The van der Waals surface area contributed by atoms with E-state index in [0.717, 1.165) is 40.4 Å². The zero-order chi connectivity index (χ0) is 19.6. The van der Waals surface area contributed by atoms with Crippen molar-refractivity contribution >= 4 is 5.91 Å². The Bertz CT molecular complexity index is 942. The van der Waals surface area contributed by atoms with Crippen LogP contribution in [0.1, 0.15) is 52.9 Å². The summed E-state index contributed by atoms with van der Waals surface area (Å²) in [6, 6.07) is 11.2. The van der Waals surface area contributed by atoms with Crippen molar-refractivity contribution in [2.75, 3.05) is 0 Å². The third-order valence-electron chi connectivity index (χ3n) is 4.76. The highest BCUT2D eigenvalue weighted by atomic mass is 16.1. The number of amides is 1. The molecule has 27 heavy (non-hydrogen) atoms. The van der Waals surface area contributed by atoms with Gasteiger partial charge < -0.3 is 5.32 Å². The maximum Gasteiger partial charge on any atom is 0.251 e. The lowest BCUT2D eigenvalue weighted by molar-refractivity contribution is 0.0940. The first-order valence-corrected chi connectivity index (χ1v) is 9.16. The number of aromatic nitrogens is 4. The van der Waals surface area contributed by atoms with Crippen LogP contribution in [-0.4, -0.2) is 25.9 Å². The van der Waals surface area contributed by atoms with Crippen molar-refractivity contribution in [1.82, 2.24) is 25.3 Å². The van der Waals surface area contributed by atoms with Crippen LogP contribution in [0.2, 0.25) is 0 Å². The highest BCUT2D eigenvalue weighted by Gasteiger charge is 2.19. The van der Waals surface area contributed by atoms with E-state index < -0.39 is 0 Å². The van der Waals surface area contributed by atoms with Crippen LogP contribution < -0.4 is 5.32 Å². The summed E-state index contributed by atoms with van der Waals surface area (Å²) in [5.41, 5.74) is 6.34. The normalized spacial score (nSPS) is 12.0. The molecule has 1 aromatic carbocycles. The minimum absolute atomic E-state index is 0.105. The number of aryl methyl sites for hydroxylation is 3. The topological polar surface area (TPSA) is 72.7 Å². The van der Waals surface area contributed by atoms with Crippen molar-refractivity contribution in [2.24, 2.45) is 0 Å². The first-order valence-electron chi connectivity index (χ1n) is 9.16. The SMILES string of the molecule is CCn1nc(C)c([C@@H](C)NC(=O)c2ccc(-c3ccc(C)nn3)cc2)c1C. The number of carbonyl (C=O) groups excluding carboxylic acids is 1. The zero-order valence-electron chi connectivity index (χ0n) is 16.4. The third kappa shape index (κ3) is 3.89. The predicted octanol–water partition coefficient (Wildman–Crippen LogP) is 3.78. The van der Waals surface area contributed by atoms with E-state index in [1.807, 2.05) is 68.8 Å². The monoisotopic (exact) mass is 363 g/mol. The molecule has 3 aromatic rings. The summed E-state index contributed by atoms with van der Waals surface area (Å²) in [7, 11) is 0. The fourth-order valence-electron chi connectivity index (χ4n) is 3.34. The molecule has 0 fully saturated rings. The maximum absolute atomic E-state index is 12.7. The smallest absolute Gasteiger partial charge is 0.251 e. The second-order valence-corrected chi connectivity index (χ2v) is 6.73. The van der Waals surface area contributed by atoms with Crippen molar-refractivity contribution in [3.63, 3.8) is 0 Å². The van der Waals surface area contributed by atoms with Crippen LogP contribution in [0.3, 0.4) is 0 Å². The molecule has 3 rings (SSSR count). The molecule has 0 bridgehead atoms. The van der Waals surface area contributed by atoms with Crippen LogP contribution in [-0.2, 0) is 6.54 Å². The molecule has 1 amide bonds.